The maximum atomic E-state index is 13.2. The van der Waals surface area contributed by atoms with E-state index in [4.69, 9.17) is 11.6 Å². The van der Waals surface area contributed by atoms with Crippen LogP contribution < -0.4 is 10.2 Å². The van der Waals surface area contributed by atoms with E-state index in [1.807, 2.05) is 48.5 Å². The van der Waals surface area contributed by atoms with Gasteiger partial charge in [0.1, 0.15) is 6.54 Å². The molecule has 0 fully saturated rings. The molecule has 2 heterocycles. The van der Waals surface area contributed by atoms with Crippen molar-refractivity contribution in [2.45, 2.75) is 11.4 Å². The number of anilines is 1. The molecule has 2 amide bonds. The quantitative estimate of drug-likeness (QED) is 0.598. The van der Waals surface area contributed by atoms with Gasteiger partial charge in [-0.05, 0) is 47.5 Å². The van der Waals surface area contributed by atoms with Gasteiger partial charge in [0.2, 0.25) is 5.91 Å². The van der Waals surface area contributed by atoms with Crippen molar-refractivity contribution in [1.29, 1.82) is 0 Å². The van der Waals surface area contributed by atoms with Crippen LogP contribution in [0.25, 0.3) is 6.08 Å². The first kappa shape index (κ1) is 20.2. The molecule has 3 aromatic rings. The van der Waals surface area contributed by atoms with Gasteiger partial charge < -0.3 is 5.32 Å². The van der Waals surface area contributed by atoms with E-state index in [0.717, 1.165) is 21.7 Å². The predicted molar refractivity (Wildman–Crippen MR) is 120 cm³/mol. The Balaban J connectivity index is 1.56. The van der Waals surface area contributed by atoms with Crippen LogP contribution in [0.15, 0.2) is 82.9 Å². The van der Waals surface area contributed by atoms with Gasteiger partial charge in [-0.1, -0.05) is 53.7 Å². The van der Waals surface area contributed by atoms with Gasteiger partial charge in [0, 0.05) is 28.9 Å². The second kappa shape index (κ2) is 9.15. The van der Waals surface area contributed by atoms with E-state index >= 15 is 0 Å². The monoisotopic (exact) mass is 435 g/mol. The minimum absolute atomic E-state index is 0.0659. The van der Waals surface area contributed by atoms with E-state index in [-0.39, 0.29) is 18.4 Å². The van der Waals surface area contributed by atoms with Crippen LogP contribution in [0.2, 0.25) is 5.02 Å². The number of carbonyl (C=O) groups is 2. The predicted octanol–water partition coefficient (Wildman–Crippen LogP) is 4.53. The summed E-state index contributed by atoms with van der Waals surface area (Å²) in [5.41, 5.74) is 2.46. The highest BCUT2D eigenvalue weighted by atomic mass is 35.5. The van der Waals surface area contributed by atoms with Gasteiger partial charge in [0.25, 0.3) is 5.91 Å². The second-order valence-corrected chi connectivity index (χ2v) is 8.18. The van der Waals surface area contributed by atoms with Gasteiger partial charge in [-0.25, -0.2) is 0 Å². The molecule has 5 nitrogen and oxygen atoms in total. The van der Waals surface area contributed by atoms with Crippen molar-refractivity contribution in [1.82, 2.24) is 10.3 Å². The lowest BCUT2D eigenvalue weighted by molar-refractivity contribution is -0.122. The zero-order valence-electron chi connectivity index (χ0n) is 15.9. The molecule has 30 heavy (non-hydrogen) atoms. The molecule has 1 N–H and O–H groups in total. The van der Waals surface area contributed by atoms with E-state index in [1.165, 1.54) is 16.7 Å². The van der Waals surface area contributed by atoms with Gasteiger partial charge >= 0.3 is 0 Å². The second-order valence-electron chi connectivity index (χ2n) is 6.66. The molecule has 7 heteroatoms. The first-order valence-electron chi connectivity index (χ1n) is 9.32. The third-order valence-corrected chi connectivity index (χ3v) is 5.81. The molecule has 0 unspecified atom stereocenters. The lowest BCUT2D eigenvalue weighted by atomic mass is 10.2. The van der Waals surface area contributed by atoms with Crippen LogP contribution in [0.5, 0.6) is 0 Å². The number of aromatic nitrogens is 1. The summed E-state index contributed by atoms with van der Waals surface area (Å²) in [5.74, 6) is -0.453. The number of rotatable bonds is 5. The number of halogens is 1. The summed E-state index contributed by atoms with van der Waals surface area (Å²) in [6.45, 7) is 0.292. The van der Waals surface area contributed by atoms with E-state index in [1.54, 1.807) is 30.6 Å². The van der Waals surface area contributed by atoms with Crippen molar-refractivity contribution in [2.75, 3.05) is 11.4 Å². The van der Waals surface area contributed by atoms with E-state index in [2.05, 4.69) is 10.3 Å². The number of benzene rings is 2. The summed E-state index contributed by atoms with van der Waals surface area (Å²) < 4.78 is 0. The number of nitrogens with one attached hydrogen (secondary N) is 1. The molecule has 1 aromatic heterocycles. The van der Waals surface area contributed by atoms with Crippen molar-refractivity contribution in [3.05, 3.63) is 94.1 Å². The highest BCUT2D eigenvalue weighted by Crippen LogP contribution is 2.41. The van der Waals surface area contributed by atoms with Crippen LogP contribution in [0.4, 0.5) is 5.69 Å². The van der Waals surface area contributed by atoms with Crippen LogP contribution >= 0.6 is 23.4 Å². The standard InChI is InChI=1S/C23H18ClN3O2S/c24-18-7-3-5-16(11-18)12-21-23(29)27(19-8-1-2-9-20(19)30-21)15-22(28)26-14-17-6-4-10-25-13-17/h1-13H,14-15H2,(H,26,28). The fourth-order valence-corrected chi connectivity index (χ4v) is 4.33. The van der Waals surface area contributed by atoms with Crippen LogP contribution in [-0.4, -0.2) is 23.3 Å². The maximum Gasteiger partial charge on any atom is 0.265 e. The molecule has 0 aliphatic carbocycles. The number of fused-ring (bicyclic) bond motifs is 1. The minimum Gasteiger partial charge on any atom is -0.350 e. The average Bonchev–Trinajstić information content (AvgIpc) is 2.76. The van der Waals surface area contributed by atoms with Crippen LogP contribution in [0, 0.1) is 0 Å². The summed E-state index contributed by atoms with van der Waals surface area (Å²) in [6.07, 6.45) is 5.18. The molecule has 150 valence electrons. The summed E-state index contributed by atoms with van der Waals surface area (Å²) in [4.78, 5) is 32.8. The molecule has 0 radical (unpaired) electrons. The van der Waals surface area contributed by atoms with Crippen molar-refractivity contribution < 1.29 is 9.59 Å². The molecule has 0 spiro atoms. The maximum absolute atomic E-state index is 13.2. The van der Waals surface area contributed by atoms with Gasteiger partial charge in [-0.2, -0.15) is 0 Å². The number of hydrogen-bond acceptors (Lipinski definition) is 4. The summed E-state index contributed by atoms with van der Waals surface area (Å²) in [7, 11) is 0. The lowest BCUT2D eigenvalue weighted by Gasteiger charge is -2.29. The number of hydrogen-bond donors (Lipinski definition) is 1. The minimum atomic E-state index is -0.240. The molecule has 0 saturated heterocycles. The van der Waals surface area contributed by atoms with E-state index < -0.39 is 0 Å². The van der Waals surface area contributed by atoms with E-state index in [0.29, 0.717) is 16.5 Å². The van der Waals surface area contributed by atoms with Crippen LogP contribution in [0.1, 0.15) is 11.1 Å². The molecule has 2 aromatic carbocycles. The fourth-order valence-electron chi connectivity index (χ4n) is 3.07. The van der Waals surface area contributed by atoms with Crippen molar-refractivity contribution in [3.8, 4) is 0 Å². The Morgan fingerprint density at radius 1 is 1.13 bits per heavy atom. The Kier molecular flexibility index (Phi) is 6.16. The van der Waals surface area contributed by atoms with Crippen LogP contribution in [0.3, 0.4) is 0 Å². The number of pyridine rings is 1. The largest absolute Gasteiger partial charge is 0.350 e. The Hall–Kier alpha value is -3.09. The van der Waals surface area contributed by atoms with Crippen molar-refractivity contribution in [3.63, 3.8) is 0 Å². The van der Waals surface area contributed by atoms with E-state index in [9.17, 15) is 9.59 Å². The zero-order chi connectivity index (χ0) is 20.9. The number of nitrogens with zero attached hydrogens (tertiary/aromatic N) is 2. The highest BCUT2D eigenvalue weighted by Gasteiger charge is 2.30. The molecule has 1 aliphatic rings. The Morgan fingerprint density at radius 2 is 2.00 bits per heavy atom. The number of para-hydroxylation sites is 1. The Labute approximate surface area is 183 Å². The molecule has 0 bridgehead atoms. The van der Waals surface area contributed by atoms with Crippen molar-refractivity contribution in [2.24, 2.45) is 0 Å². The number of amides is 2. The zero-order valence-corrected chi connectivity index (χ0v) is 17.5. The molecule has 0 saturated carbocycles. The lowest BCUT2D eigenvalue weighted by Crippen LogP contribution is -2.42. The molecular formula is C23H18ClN3O2S. The molecule has 1 aliphatic heterocycles. The van der Waals surface area contributed by atoms with Gasteiger partial charge in [-0.3, -0.25) is 19.5 Å². The molecular weight excluding hydrogens is 418 g/mol. The first-order valence-corrected chi connectivity index (χ1v) is 10.5. The SMILES string of the molecule is O=C(CN1C(=O)C(=Cc2cccc(Cl)c2)Sc2ccccc21)NCc1cccnc1. The Morgan fingerprint density at radius 3 is 2.80 bits per heavy atom. The summed E-state index contributed by atoms with van der Waals surface area (Å²) in [6, 6.07) is 18.6. The topological polar surface area (TPSA) is 62.3 Å². The smallest absolute Gasteiger partial charge is 0.265 e. The molecule has 0 atom stereocenters. The third kappa shape index (κ3) is 4.72. The normalized spacial score (nSPS) is 14.5. The summed E-state index contributed by atoms with van der Waals surface area (Å²) >= 11 is 7.47. The average molecular weight is 436 g/mol. The first-order chi connectivity index (χ1) is 14.6. The Bertz CT molecular complexity index is 1120. The fraction of sp³-hybridized carbons (Fsp3) is 0.0870. The molecule has 4 rings (SSSR count). The highest BCUT2D eigenvalue weighted by molar-refractivity contribution is 8.04. The van der Waals surface area contributed by atoms with Gasteiger partial charge in [0.05, 0.1) is 10.6 Å². The van der Waals surface area contributed by atoms with Gasteiger partial charge in [0.15, 0.2) is 0 Å². The van der Waals surface area contributed by atoms with Gasteiger partial charge in [-0.15, -0.1) is 0 Å². The number of thioether (sulfide) groups is 1. The third-order valence-electron chi connectivity index (χ3n) is 4.49. The number of carbonyl (C=O) groups excluding carboxylic acids is 2. The van der Waals surface area contributed by atoms with Crippen LogP contribution in [-0.2, 0) is 16.1 Å². The van der Waals surface area contributed by atoms with Crippen molar-refractivity contribution >= 4 is 46.9 Å². The summed E-state index contributed by atoms with van der Waals surface area (Å²) in [5, 5.41) is 3.45.